The molecule has 2 amide bonds. The average molecular weight is 530 g/mol. The highest BCUT2D eigenvalue weighted by Crippen LogP contribution is 2.23. The molecule has 0 unspecified atom stereocenters. The summed E-state index contributed by atoms with van der Waals surface area (Å²) in [4.78, 5) is 27.8. The van der Waals surface area contributed by atoms with E-state index in [1.165, 1.54) is 18.0 Å². The molecule has 0 radical (unpaired) electrons. The van der Waals surface area contributed by atoms with Crippen LogP contribution >= 0.6 is 11.6 Å². The Kier molecular flexibility index (Phi) is 9.11. The third-order valence-electron chi connectivity index (χ3n) is 6.25. The van der Waals surface area contributed by atoms with Crippen molar-refractivity contribution in [2.75, 3.05) is 13.6 Å². The van der Waals surface area contributed by atoms with Crippen LogP contribution in [0.25, 0.3) is 10.8 Å². The lowest BCUT2D eigenvalue weighted by Gasteiger charge is -2.31. The third-order valence-corrected chi connectivity index (χ3v) is 8.42. The molecule has 0 aliphatic carbocycles. The highest BCUT2D eigenvalue weighted by Gasteiger charge is 2.31. The molecule has 3 rings (SSSR count). The molecule has 0 aromatic heterocycles. The van der Waals surface area contributed by atoms with Crippen molar-refractivity contribution in [3.8, 4) is 0 Å². The van der Waals surface area contributed by atoms with Gasteiger partial charge in [0.1, 0.15) is 6.04 Å². The van der Waals surface area contributed by atoms with Crippen molar-refractivity contribution in [1.29, 1.82) is 0 Å². The van der Waals surface area contributed by atoms with Gasteiger partial charge in [0.2, 0.25) is 21.8 Å². The van der Waals surface area contributed by atoms with Crippen LogP contribution in [0.2, 0.25) is 5.02 Å². The van der Waals surface area contributed by atoms with E-state index < -0.39 is 28.5 Å². The van der Waals surface area contributed by atoms with Crippen LogP contribution in [0.4, 0.5) is 0 Å². The second kappa shape index (κ2) is 11.9. The number of rotatable bonds is 10. The first-order valence-electron chi connectivity index (χ1n) is 11.8. The van der Waals surface area contributed by atoms with Crippen molar-refractivity contribution in [2.45, 2.75) is 50.7 Å². The highest BCUT2D eigenvalue weighted by molar-refractivity contribution is 7.89. The smallest absolute Gasteiger partial charge is 0.243 e. The molecule has 192 valence electrons. The molecule has 0 spiro atoms. The standard InChI is InChI=1S/C27H32ClN3O4S/c1-5-19(2)29-27(33)20(3)31(17-23-12-8-9-13-25(23)28)26(32)18-30(4)36(34,35)24-15-14-21-10-6-7-11-22(21)16-24/h6-16,19-20H,5,17-18H2,1-4H3,(H,29,33)/t19-,20-/m0/s1. The van der Waals surface area contributed by atoms with Crippen LogP contribution in [0.15, 0.2) is 71.6 Å². The molecule has 0 heterocycles. The summed E-state index contributed by atoms with van der Waals surface area (Å²) in [5.74, 6) is -0.821. The lowest BCUT2D eigenvalue weighted by molar-refractivity contribution is -0.140. The number of benzene rings is 3. The van der Waals surface area contributed by atoms with E-state index in [9.17, 15) is 18.0 Å². The molecule has 0 aliphatic rings. The predicted molar refractivity (Wildman–Crippen MR) is 143 cm³/mol. The minimum absolute atomic E-state index is 0.0619. The maximum atomic E-state index is 13.5. The zero-order valence-electron chi connectivity index (χ0n) is 20.9. The third kappa shape index (κ3) is 6.43. The summed E-state index contributed by atoms with van der Waals surface area (Å²) in [6.07, 6.45) is 0.740. The van der Waals surface area contributed by atoms with Crippen molar-refractivity contribution in [3.63, 3.8) is 0 Å². The van der Waals surface area contributed by atoms with E-state index in [4.69, 9.17) is 11.6 Å². The second-order valence-corrected chi connectivity index (χ2v) is 11.3. The van der Waals surface area contributed by atoms with E-state index in [1.807, 2.05) is 38.1 Å². The minimum atomic E-state index is -3.95. The quantitative estimate of drug-likeness (QED) is 0.420. The number of halogens is 1. The summed E-state index contributed by atoms with van der Waals surface area (Å²) >= 11 is 6.33. The Balaban J connectivity index is 1.86. The van der Waals surface area contributed by atoms with E-state index >= 15 is 0 Å². The molecule has 1 N–H and O–H groups in total. The van der Waals surface area contributed by atoms with E-state index in [-0.39, 0.29) is 23.4 Å². The van der Waals surface area contributed by atoms with Gasteiger partial charge >= 0.3 is 0 Å². The lowest BCUT2D eigenvalue weighted by atomic mass is 10.1. The zero-order chi connectivity index (χ0) is 26.5. The van der Waals surface area contributed by atoms with E-state index in [0.29, 0.717) is 10.6 Å². The average Bonchev–Trinajstić information content (AvgIpc) is 2.87. The SMILES string of the molecule is CC[C@H](C)NC(=O)[C@H](C)N(Cc1ccccc1Cl)C(=O)CN(C)S(=O)(=O)c1ccc2ccccc2c1. The van der Waals surface area contributed by atoms with Crippen molar-refractivity contribution in [1.82, 2.24) is 14.5 Å². The maximum absolute atomic E-state index is 13.5. The van der Waals surface area contributed by atoms with E-state index in [2.05, 4.69) is 5.32 Å². The monoisotopic (exact) mass is 529 g/mol. The second-order valence-electron chi connectivity index (χ2n) is 8.88. The van der Waals surface area contributed by atoms with Crippen LogP contribution in [0.3, 0.4) is 0 Å². The maximum Gasteiger partial charge on any atom is 0.243 e. The summed E-state index contributed by atoms with van der Waals surface area (Å²) in [5, 5.41) is 5.06. The topological polar surface area (TPSA) is 86.8 Å². The van der Waals surface area contributed by atoms with Crippen LogP contribution in [0.5, 0.6) is 0 Å². The summed E-state index contributed by atoms with van der Waals surface area (Å²) in [6, 6.07) is 18.5. The molecule has 0 saturated carbocycles. The number of fused-ring (bicyclic) bond motifs is 1. The number of hydrogen-bond donors (Lipinski definition) is 1. The van der Waals surface area contributed by atoms with Crippen molar-refractivity contribution >= 4 is 44.2 Å². The first-order valence-corrected chi connectivity index (χ1v) is 13.6. The van der Waals surface area contributed by atoms with Crippen LogP contribution in [-0.4, -0.2) is 55.1 Å². The van der Waals surface area contributed by atoms with Crippen molar-refractivity contribution in [2.24, 2.45) is 0 Å². The summed E-state index contributed by atoms with van der Waals surface area (Å²) in [6.45, 7) is 5.10. The van der Waals surface area contributed by atoms with Crippen LogP contribution in [0.1, 0.15) is 32.8 Å². The van der Waals surface area contributed by atoms with E-state index in [0.717, 1.165) is 21.5 Å². The largest absolute Gasteiger partial charge is 0.352 e. The molecule has 0 fully saturated rings. The fraction of sp³-hybridized carbons (Fsp3) is 0.333. The molecule has 3 aromatic carbocycles. The first-order chi connectivity index (χ1) is 17.0. The summed E-state index contributed by atoms with van der Waals surface area (Å²) in [5.41, 5.74) is 0.663. The van der Waals surface area contributed by atoms with Gasteiger partial charge in [-0.3, -0.25) is 9.59 Å². The lowest BCUT2D eigenvalue weighted by Crippen LogP contribution is -2.51. The van der Waals surface area contributed by atoms with Gasteiger partial charge in [0.05, 0.1) is 11.4 Å². The Morgan fingerprint density at radius 1 is 0.972 bits per heavy atom. The number of nitrogens with one attached hydrogen (secondary N) is 1. The van der Waals surface area contributed by atoms with Crippen LogP contribution in [-0.2, 0) is 26.2 Å². The fourth-order valence-corrected chi connectivity index (χ4v) is 5.08. The van der Waals surface area contributed by atoms with Gasteiger partial charge in [-0.15, -0.1) is 0 Å². The number of carbonyl (C=O) groups is 2. The predicted octanol–water partition coefficient (Wildman–Crippen LogP) is 4.45. The molecule has 36 heavy (non-hydrogen) atoms. The number of likely N-dealkylation sites (N-methyl/N-ethyl adjacent to an activating group) is 1. The number of nitrogens with zero attached hydrogens (tertiary/aromatic N) is 2. The normalized spacial score (nSPS) is 13.4. The molecule has 3 aromatic rings. The number of carbonyl (C=O) groups excluding carboxylic acids is 2. The molecule has 9 heteroatoms. The van der Waals surface area contributed by atoms with Gasteiger partial charge in [0.15, 0.2) is 0 Å². The molecular formula is C27H32ClN3O4S. The van der Waals surface area contributed by atoms with Crippen LogP contribution < -0.4 is 5.32 Å². The number of sulfonamides is 1. The molecule has 0 bridgehead atoms. The Morgan fingerprint density at radius 3 is 2.28 bits per heavy atom. The number of hydrogen-bond acceptors (Lipinski definition) is 4. The van der Waals surface area contributed by atoms with Gasteiger partial charge < -0.3 is 10.2 Å². The van der Waals surface area contributed by atoms with Crippen molar-refractivity contribution in [3.05, 3.63) is 77.3 Å². The van der Waals surface area contributed by atoms with Gasteiger partial charge in [-0.2, -0.15) is 4.31 Å². The van der Waals surface area contributed by atoms with Gasteiger partial charge in [-0.1, -0.05) is 67.1 Å². The van der Waals surface area contributed by atoms with Crippen molar-refractivity contribution < 1.29 is 18.0 Å². The van der Waals surface area contributed by atoms with Crippen LogP contribution in [0, 0.1) is 0 Å². The molecule has 7 nitrogen and oxygen atoms in total. The van der Waals surface area contributed by atoms with Gasteiger partial charge in [0, 0.05) is 24.7 Å². The van der Waals surface area contributed by atoms with Gasteiger partial charge in [0.25, 0.3) is 0 Å². The minimum Gasteiger partial charge on any atom is -0.352 e. The Labute approximate surface area is 218 Å². The zero-order valence-corrected chi connectivity index (χ0v) is 22.5. The fourth-order valence-electron chi connectivity index (χ4n) is 3.73. The molecule has 0 saturated heterocycles. The summed E-state index contributed by atoms with van der Waals surface area (Å²) in [7, 11) is -2.59. The van der Waals surface area contributed by atoms with Gasteiger partial charge in [-0.05, 0) is 54.8 Å². The van der Waals surface area contributed by atoms with E-state index in [1.54, 1.807) is 43.3 Å². The Hall–Kier alpha value is -2.94. The molecule has 2 atom stereocenters. The highest BCUT2D eigenvalue weighted by atomic mass is 35.5. The van der Waals surface area contributed by atoms with Gasteiger partial charge in [-0.25, -0.2) is 8.42 Å². The molecule has 0 aliphatic heterocycles. The number of amides is 2. The first kappa shape index (κ1) is 27.6. The Bertz CT molecular complexity index is 1350. The molecular weight excluding hydrogens is 498 g/mol. The summed E-state index contributed by atoms with van der Waals surface area (Å²) < 4.78 is 27.6. The Morgan fingerprint density at radius 2 is 1.61 bits per heavy atom.